The van der Waals surface area contributed by atoms with Crippen LogP contribution in [-0.2, 0) is 0 Å². The molecule has 2 nitrogen and oxygen atoms in total. The predicted octanol–water partition coefficient (Wildman–Crippen LogP) is 3.78. The van der Waals surface area contributed by atoms with E-state index in [0.717, 1.165) is 9.71 Å². The van der Waals surface area contributed by atoms with E-state index in [2.05, 4.69) is 4.98 Å². The molecule has 2 rings (SSSR count). The van der Waals surface area contributed by atoms with Crippen molar-refractivity contribution in [1.82, 2.24) is 4.98 Å². The van der Waals surface area contributed by atoms with E-state index < -0.39 is 0 Å². The molecule has 0 bridgehead atoms. The van der Waals surface area contributed by atoms with Crippen LogP contribution in [0.5, 0.6) is 5.75 Å². The summed E-state index contributed by atoms with van der Waals surface area (Å²) in [4.78, 5) is 4.17. The Kier molecular flexibility index (Phi) is 4.03. The monoisotopic (exact) mass is 227 g/mol. The number of fused-ring (bicyclic) bond motifs is 1. The molecule has 0 atom stereocenters. The summed E-state index contributed by atoms with van der Waals surface area (Å²) in [5, 5.41) is 0.933. The highest BCUT2D eigenvalue weighted by atomic mass is 32.1. The van der Waals surface area contributed by atoms with Crippen LogP contribution in [0.15, 0.2) is 12.1 Å². The summed E-state index contributed by atoms with van der Waals surface area (Å²) in [6.45, 7) is 5.90. The smallest absolute Gasteiger partial charge is 0.167 e. The second kappa shape index (κ2) is 5.07. The van der Waals surface area contributed by atoms with Gasteiger partial charge in [-0.1, -0.05) is 13.8 Å². The molecular weight excluding hydrogens is 213 g/mol. The zero-order valence-electron chi connectivity index (χ0n) is 9.30. The van der Waals surface area contributed by atoms with Crippen molar-refractivity contribution in [2.75, 3.05) is 7.11 Å². The van der Waals surface area contributed by atoms with Crippen LogP contribution in [-0.4, -0.2) is 12.1 Å². The minimum Gasteiger partial charge on any atom is -0.494 e. The molecule has 4 heteroatoms. The predicted molar refractivity (Wildman–Crippen MR) is 62.2 cm³/mol. The molecule has 0 aliphatic carbocycles. The van der Waals surface area contributed by atoms with E-state index in [9.17, 15) is 4.39 Å². The van der Waals surface area contributed by atoms with Crippen molar-refractivity contribution in [3.05, 3.63) is 23.0 Å². The lowest BCUT2D eigenvalue weighted by Crippen LogP contribution is -1.86. The molecule has 0 saturated heterocycles. The van der Waals surface area contributed by atoms with Gasteiger partial charge in [0.25, 0.3) is 0 Å². The number of halogens is 1. The van der Waals surface area contributed by atoms with E-state index in [0.29, 0.717) is 5.52 Å². The topological polar surface area (TPSA) is 22.1 Å². The van der Waals surface area contributed by atoms with Crippen LogP contribution >= 0.6 is 11.3 Å². The lowest BCUT2D eigenvalue weighted by atomic mass is 10.3. The Labute approximate surface area is 92.7 Å². The van der Waals surface area contributed by atoms with Gasteiger partial charge >= 0.3 is 0 Å². The van der Waals surface area contributed by atoms with Crippen LogP contribution in [0.3, 0.4) is 0 Å². The fourth-order valence-corrected chi connectivity index (χ4v) is 2.04. The minimum absolute atomic E-state index is 0.274. The lowest BCUT2D eigenvalue weighted by Gasteiger charge is -1.99. The van der Waals surface area contributed by atoms with Gasteiger partial charge in [0, 0.05) is 12.1 Å². The number of ether oxygens (including phenoxy) is 1. The molecule has 0 spiro atoms. The Bertz CT molecular complexity index is 453. The zero-order chi connectivity index (χ0) is 11.4. The lowest BCUT2D eigenvalue weighted by molar-refractivity contribution is 0.387. The first-order valence-corrected chi connectivity index (χ1v) is 5.63. The molecule has 1 aromatic heterocycles. The van der Waals surface area contributed by atoms with Crippen LogP contribution in [0, 0.1) is 12.7 Å². The molecule has 0 N–H and O–H groups in total. The SMILES string of the molecule is CC.COc1cc2sc(C)nc2cc1F. The number of rotatable bonds is 1. The fourth-order valence-electron chi connectivity index (χ4n) is 1.20. The molecule has 0 saturated carbocycles. The van der Waals surface area contributed by atoms with E-state index in [4.69, 9.17) is 4.74 Å². The first kappa shape index (κ1) is 11.9. The summed E-state index contributed by atoms with van der Waals surface area (Å²) in [5.74, 6) is -0.0866. The molecule has 0 radical (unpaired) electrons. The minimum atomic E-state index is -0.361. The third kappa shape index (κ3) is 2.45. The van der Waals surface area contributed by atoms with Crippen molar-refractivity contribution >= 4 is 21.6 Å². The summed E-state index contributed by atoms with van der Waals surface area (Å²) in [5.41, 5.74) is 0.695. The van der Waals surface area contributed by atoms with Crippen molar-refractivity contribution in [2.45, 2.75) is 20.8 Å². The average Bonchev–Trinajstić information content (AvgIpc) is 2.59. The zero-order valence-corrected chi connectivity index (χ0v) is 10.1. The number of thiazole rings is 1. The number of hydrogen-bond donors (Lipinski definition) is 0. The van der Waals surface area contributed by atoms with Gasteiger partial charge in [-0.15, -0.1) is 11.3 Å². The van der Waals surface area contributed by atoms with Crippen LogP contribution in [0.4, 0.5) is 4.39 Å². The Morgan fingerprint density at radius 3 is 2.60 bits per heavy atom. The molecule has 0 amide bonds. The Morgan fingerprint density at radius 1 is 1.33 bits per heavy atom. The maximum Gasteiger partial charge on any atom is 0.167 e. The van der Waals surface area contributed by atoms with Gasteiger partial charge in [-0.3, -0.25) is 0 Å². The number of aryl methyl sites for hydroxylation is 1. The van der Waals surface area contributed by atoms with Gasteiger partial charge in [0.1, 0.15) is 0 Å². The molecule has 1 aromatic carbocycles. The van der Waals surface area contributed by atoms with Crippen molar-refractivity contribution < 1.29 is 9.13 Å². The second-order valence-corrected chi connectivity index (χ2v) is 3.92. The number of aromatic nitrogens is 1. The molecule has 1 heterocycles. The van der Waals surface area contributed by atoms with Gasteiger partial charge in [0.2, 0.25) is 0 Å². The highest BCUT2D eigenvalue weighted by molar-refractivity contribution is 7.18. The third-order valence-electron chi connectivity index (χ3n) is 1.77. The molecule has 2 aromatic rings. The van der Waals surface area contributed by atoms with Crippen molar-refractivity contribution in [3.8, 4) is 5.75 Å². The maximum atomic E-state index is 13.2. The van der Waals surface area contributed by atoms with E-state index >= 15 is 0 Å². The Hall–Kier alpha value is -1.16. The van der Waals surface area contributed by atoms with Gasteiger partial charge in [0.15, 0.2) is 11.6 Å². The highest BCUT2D eigenvalue weighted by Crippen LogP contribution is 2.28. The molecule has 0 aliphatic rings. The van der Waals surface area contributed by atoms with Gasteiger partial charge in [-0.05, 0) is 6.92 Å². The van der Waals surface area contributed by atoms with Crippen molar-refractivity contribution in [2.24, 2.45) is 0 Å². The Morgan fingerprint density at radius 2 is 2.00 bits per heavy atom. The van der Waals surface area contributed by atoms with Crippen LogP contribution in [0.25, 0.3) is 10.2 Å². The van der Waals surface area contributed by atoms with Crippen LogP contribution < -0.4 is 4.74 Å². The van der Waals surface area contributed by atoms with Crippen molar-refractivity contribution in [3.63, 3.8) is 0 Å². The van der Waals surface area contributed by atoms with E-state index in [1.54, 1.807) is 6.07 Å². The number of methoxy groups -OCH3 is 1. The van der Waals surface area contributed by atoms with Crippen molar-refractivity contribution in [1.29, 1.82) is 0 Å². The molecule has 0 fully saturated rings. The van der Waals surface area contributed by atoms with E-state index in [-0.39, 0.29) is 11.6 Å². The highest BCUT2D eigenvalue weighted by Gasteiger charge is 2.07. The normalized spacial score (nSPS) is 9.67. The average molecular weight is 227 g/mol. The van der Waals surface area contributed by atoms with Crippen LogP contribution in [0.1, 0.15) is 18.9 Å². The van der Waals surface area contributed by atoms with Gasteiger partial charge < -0.3 is 4.74 Å². The molecular formula is C11H14FNOS. The molecule has 15 heavy (non-hydrogen) atoms. The third-order valence-corrected chi connectivity index (χ3v) is 2.70. The number of nitrogens with zero attached hydrogens (tertiary/aromatic N) is 1. The second-order valence-electron chi connectivity index (χ2n) is 2.69. The number of benzene rings is 1. The van der Waals surface area contributed by atoms with Gasteiger partial charge in [-0.25, -0.2) is 9.37 Å². The van der Waals surface area contributed by atoms with Gasteiger partial charge in [-0.2, -0.15) is 0 Å². The summed E-state index contributed by atoms with van der Waals surface area (Å²) < 4.78 is 19.0. The first-order valence-electron chi connectivity index (χ1n) is 4.81. The van der Waals surface area contributed by atoms with Crippen LogP contribution in [0.2, 0.25) is 0 Å². The fraction of sp³-hybridized carbons (Fsp3) is 0.364. The number of hydrogen-bond acceptors (Lipinski definition) is 3. The standard InChI is InChI=1S/C9H8FNOS.C2H6/c1-5-11-7-3-6(10)8(12-2)4-9(7)13-5;1-2/h3-4H,1-2H3;1-2H3. The molecule has 0 unspecified atom stereocenters. The molecule has 82 valence electrons. The van der Waals surface area contributed by atoms with E-state index in [1.165, 1.54) is 24.5 Å². The summed E-state index contributed by atoms with van der Waals surface area (Å²) in [6.07, 6.45) is 0. The van der Waals surface area contributed by atoms with E-state index in [1.807, 2.05) is 20.8 Å². The summed E-state index contributed by atoms with van der Waals surface area (Å²) in [6, 6.07) is 3.08. The quantitative estimate of drug-likeness (QED) is 0.739. The van der Waals surface area contributed by atoms with Gasteiger partial charge in [0.05, 0.1) is 22.3 Å². The summed E-state index contributed by atoms with van der Waals surface area (Å²) >= 11 is 1.53. The summed E-state index contributed by atoms with van der Waals surface area (Å²) in [7, 11) is 1.46. The largest absolute Gasteiger partial charge is 0.494 e. The first-order chi connectivity index (χ1) is 7.20. The maximum absolute atomic E-state index is 13.2. The Balaban J connectivity index is 0.000000531. The molecule has 0 aliphatic heterocycles.